The number of sulfonamides is 1. The van der Waals surface area contributed by atoms with E-state index >= 15 is 0 Å². The minimum Gasteiger partial charge on any atom is -0.465 e. The average Bonchev–Trinajstić information content (AvgIpc) is 3.00. The highest BCUT2D eigenvalue weighted by Gasteiger charge is 2.29. The van der Waals surface area contributed by atoms with Gasteiger partial charge in [-0.1, -0.05) is 18.2 Å². The van der Waals surface area contributed by atoms with Gasteiger partial charge in [-0.3, -0.25) is 9.48 Å². The van der Waals surface area contributed by atoms with Crippen LogP contribution in [-0.4, -0.2) is 30.8 Å². The third-order valence-corrected chi connectivity index (χ3v) is 5.69. The fourth-order valence-corrected chi connectivity index (χ4v) is 4.33. The summed E-state index contributed by atoms with van der Waals surface area (Å²) in [5.41, 5.74) is 1.72. The van der Waals surface area contributed by atoms with E-state index in [1.165, 1.54) is 0 Å². The molecule has 3 rings (SSSR count). The zero-order chi connectivity index (χ0) is 17.9. The number of hydrogen-bond acceptors (Lipinski definition) is 5. The highest BCUT2D eigenvalue weighted by molar-refractivity contribution is 7.89. The summed E-state index contributed by atoms with van der Waals surface area (Å²) in [6.07, 6.45) is 3.93. The van der Waals surface area contributed by atoms with E-state index in [1.54, 1.807) is 48.1 Å². The Labute approximate surface area is 147 Å². The van der Waals surface area contributed by atoms with Crippen molar-refractivity contribution >= 4 is 16.0 Å². The Morgan fingerprint density at radius 1 is 1.36 bits per heavy atom. The molecule has 0 aliphatic heterocycles. The van der Waals surface area contributed by atoms with Crippen molar-refractivity contribution in [1.82, 2.24) is 14.5 Å². The number of aromatic nitrogens is 2. The van der Waals surface area contributed by atoms with Gasteiger partial charge in [-0.05, 0) is 38.3 Å². The van der Waals surface area contributed by atoms with Crippen LogP contribution < -0.4 is 4.72 Å². The van der Waals surface area contributed by atoms with Crippen LogP contribution in [0.4, 0.5) is 0 Å². The number of fused-ring (bicyclic) bond motifs is 1. The second kappa shape index (κ2) is 7.37. The first-order chi connectivity index (χ1) is 12.0. The van der Waals surface area contributed by atoms with Crippen LogP contribution in [0.5, 0.6) is 0 Å². The first kappa shape index (κ1) is 17.6. The molecule has 0 amide bonds. The molecule has 8 heteroatoms. The summed E-state index contributed by atoms with van der Waals surface area (Å²) in [4.78, 5) is 11.9. The molecule has 1 aromatic heterocycles. The number of nitrogens with one attached hydrogen (secondary N) is 1. The monoisotopic (exact) mass is 363 g/mol. The molecule has 2 aromatic rings. The predicted molar refractivity (Wildman–Crippen MR) is 91.3 cm³/mol. The third kappa shape index (κ3) is 3.91. The summed E-state index contributed by atoms with van der Waals surface area (Å²) in [5.74, 6) is -0.347. The van der Waals surface area contributed by atoms with E-state index in [1.807, 2.05) is 0 Å². The highest BCUT2D eigenvalue weighted by atomic mass is 32.2. The van der Waals surface area contributed by atoms with Gasteiger partial charge in [0, 0.05) is 11.3 Å². The van der Waals surface area contributed by atoms with Crippen molar-refractivity contribution < 1.29 is 17.9 Å². The molecular weight excluding hydrogens is 342 g/mol. The second-order valence-electron chi connectivity index (χ2n) is 5.89. The predicted octanol–water partition coefficient (Wildman–Crippen LogP) is 1.80. The van der Waals surface area contributed by atoms with Gasteiger partial charge in [-0.25, -0.2) is 13.1 Å². The number of nitrogens with zero attached hydrogens (tertiary/aromatic N) is 2. The van der Waals surface area contributed by atoms with Crippen LogP contribution in [-0.2, 0) is 32.5 Å². The van der Waals surface area contributed by atoms with Crippen molar-refractivity contribution in [3.63, 3.8) is 0 Å². The zero-order valence-corrected chi connectivity index (χ0v) is 14.8. The van der Waals surface area contributed by atoms with Gasteiger partial charge in [-0.15, -0.1) is 0 Å². The van der Waals surface area contributed by atoms with Crippen molar-refractivity contribution in [2.75, 3.05) is 6.61 Å². The lowest BCUT2D eigenvalue weighted by atomic mass is 9.94. The van der Waals surface area contributed by atoms with Crippen molar-refractivity contribution in [2.45, 2.75) is 43.7 Å². The van der Waals surface area contributed by atoms with Crippen LogP contribution >= 0.6 is 0 Å². The lowest BCUT2D eigenvalue weighted by Crippen LogP contribution is -2.31. The van der Waals surface area contributed by atoms with Crippen LogP contribution in [0.25, 0.3) is 0 Å². The molecule has 1 N–H and O–H groups in total. The molecule has 1 aromatic carbocycles. The van der Waals surface area contributed by atoms with Gasteiger partial charge in [0.25, 0.3) is 0 Å². The van der Waals surface area contributed by atoms with Gasteiger partial charge in [0.05, 0.1) is 23.7 Å². The number of rotatable bonds is 6. The van der Waals surface area contributed by atoms with Gasteiger partial charge in [0.2, 0.25) is 10.0 Å². The summed E-state index contributed by atoms with van der Waals surface area (Å²) in [6.45, 7) is 2.12. The standard InChI is InChI=1S/C17H21N3O4S/c1-2-24-17(21)12-20-16-10-6-9-15(14(16)11-18-20)19-25(22,23)13-7-4-3-5-8-13/h3-5,7-8,11,15,19H,2,6,9-10,12H2,1H3. The normalized spacial score (nSPS) is 17.1. The molecule has 1 unspecified atom stereocenters. The van der Waals surface area contributed by atoms with Crippen LogP contribution in [0.2, 0.25) is 0 Å². The molecule has 1 heterocycles. The maximum Gasteiger partial charge on any atom is 0.327 e. The fourth-order valence-electron chi connectivity index (χ4n) is 3.06. The van der Waals surface area contributed by atoms with Crippen molar-refractivity contribution in [3.8, 4) is 0 Å². The van der Waals surface area contributed by atoms with Crippen molar-refractivity contribution in [3.05, 3.63) is 47.8 Å². The number of esters is 1. The number of hydrogen-bond donors (Lipinski definition) is 1. The lowest BCUT2D eigenvalue weighted by molar-refractivity contribution is -0.144. The van der Waals surface area contributed by atoms with E-state index in [-0.39, 0.29) is 23.5 Å². The fraction of sp³-hybridized carbons (Fsp3) is 0.412. The zero-order valence-electron chi connectivity index (χ0n) is 14.0. The first-order valence-electron chi connectivity index (χ1n) is 8.29. The first-order valence-corrected chi connectivity index (χ1v) is 9.77. The molecule has 7 nitrogen and oxygen atoms in total. The van der Waals surface area contributed by atoms with Gasteiger partial charge in [-0.2, -0.15) is 5.10 Å². The molecule has 0 radical (unpaired) electrons. The van der Waals surface area contributed by atoms with Crippen LogP contribution in [0, 0.1) is 0 Å². The third-order valence-electron chi connectivity index (χ3n) is 4.20. The molecule has 25 heavy (non-hydrogen) atoms. The summed E-state index contributed by atoms with van der Waals surface area (Å²) in [7, 11) is -3.60. The van der Waals surface area contributed by atoms with Crippen LogP contribution in [0.3, 0.4) is 0 Å². The Kier molecular flexibility index (Phi) is 5.19. The maximum atomic E-state index is 12.6. The Morgan fingerprint density at radius 2 is 2.12 bits per heavy atom. The number of benzene rings is 1. The second-order valence-corrected chi connectivity index (χ2v) is 7.60. The molecule has 1 atom stereocenters. The number of carbonyl (C=O) groups is 1. The molecule has 1 aliphatic carbocycles. The highest BCUT2D eigenvalue weighted by Crippen LogP contribution is 2.31. The van der Waals surface area contributed by atoms with E-state index < -0.39 is 10.0 Å². The summed E-state index contributed by atoms with van der Waals surface area (Å²) in [6, 6.07) is 7.95. The minimum atomic E-state index is -3.60. The van der Waals surface area contributed by atoms with Crippen LogP contribution in [0.1, 0.15) is 37.1 Å². The van der Waals surface area contributed by atoms with Gasteiger partial charge in [0.1, 0.15) is 6.54 Å². The molecule has 0 fully saturated rings. The van der Waals surface area contributed by atoms with Gasteiger partial charge < -0.3 is 4.74 Å². The molecule has 0 spiro atoms. The Balaban J connectivity index is 1.81. The maximum absolute atomic E-state index is 12.6. The molecule has 0 saturated carbocycles. The molecular formula is C17H21N3O4S. The molecule has 0 saturated heterocycles. The van der Waals surface area contributed by atoms with E-state index in [0.717, 1.165) is 24.1 Å². The number of carbonyl (C=O) groups excluding carboxylic acids is 1. The molecule has 134 valence electrons. The lowest BCUT2D eigenvalue weighted by Gasteiger charge is -2.24. The largest absolute Gasteiger partial charge is 0.465 e. The van der Waals surface area contributed by atoms with E-state index in [0.29, 0.717) is 13.0 Å². The van der Waals surface area contributed by atoms with Crippen molar-refractivity contribution in [1.29, 1.82) is 0 Å². The summed E-state index contributed by atoms with van der Waals surface area (Å²) in [5, 5.41) is 4.25. The SMILES string of the molecule is CCOC(=O)Cn1ncc2c1CCCC2NS(=O)(=O)c1ccccc1. The Bertz CT molecular complexity index is 846. The molecule has 0 bridgehead atoms. The number of ether oxygens (including phenoxy) is 1. The van der Waals surface area contributed by atoms with Gasteiger partial charge in [0.15, 0.2) is 0 Å². The van der Waals surface area contributed by atoms with E-state index in [4.69, 9.17) is 4.74 Å². The summed E-state index contributed by atoms with van der Waals surface area (Å²) < 4.78 is 34.5. The van der Waals surface area contributed by atoms with E-state index in [2.05, 4.69) is 9.82 Å². The molecule has 1 aliphatic rings. The van der Waals surface area contributed by atoms with Crippen molar-refractivity contribution in [2.24, 2.45) is 0 Å². The Hall–Kier alpha value is -2.19. The average molecular weight is 363 g/mol. The smallest absolute Gasteiger partial charge is 0.327 e. The Morgan fingerprint density at radius 3 is 2.84 bits per heavy atom. The topological polar surface area (TPSA) is 90.3 Å². The van der Waals surface area contributed by atoms with E-state index in [9.17, 15) is 13.2 Å². The minimum absolute atomic E-state index is 0.0430. The quantitative estimate of drug-likeness (QED) is 0.791. The summed E-state index contributed by atoms with van der Waals surface area (Å²) >= 11 is 0. The van der Waals surface area contributed by atoms with Gasteiger partial charge >= 0.3 is 5.97 Å². The van der Waals surface area contributed by atoms with Crippen LogP contribution in [0.15, 0.2) is 41.4 Å².